The standard InChI is InChI=1S/C13H24N2O3/c1-10-3-6-13(9-14,7-4-10)12(18)15(2)8-5-11(16)17/h10H,3-9,14H2,1-2H3,(H,16,17). The minimum atomic E-state index is -0.881. The predicted octanol–water partition coefficient (Wildman–Crippen LogP) is 1.07. The lowest BCUT2D eigenvalue weighted by molar-refractivity contribution is -0.144. The highest BCUT2D eigenvalue weighted by Crippen LogP contribution is 2.39. The minimum Gasteiger partial charge on any atom is -0.481 e. The van der Waals surface area contributed by atoms with Crippen LogP contribution in [-0.4, -0.2) is 42.0 Å². The van der Waals surface area contributed by atoms with E-state index in [0.717, 1.165) is 25.7 Å². The summed E-state index contributed by atoms with van der Waals surface area (Å²) in [7, 11) is 1.67. The van der Waals surface area contributed by atoms with E-state index in [0.29, 0.717) is 12.5 Å². The first kappa shape index (κ1) is 15.0. The summed E-state index contributed by atoms with van der Waals surface area (Å²) in [5.74, 6) is -0.214. The lowest BCUT2D eigenvalue weighted by Crippen LogP contribution is -2.49. The molecule has 0 aromatic heterocycles. The number of hydrogen-bond donors (Lipinski definition) is 2. The Hall–Kier alpha value is -1.10. The quantitative estimate of drug-likeness (QED) is 0.771. The lowest BCUT2D eigenvalue weighted by atomic mass is 9.70. The molecule has 0 aromatic rings. The van der Waals surface area contributed by atoms with Crippen LogP contribution in [0.5, 0.6) is 0 Å². The first-order valence-electron chi connectivity index (χ1n) is 6.59. The highest BCUT2D eigenvalue weighted by molar-refractivity contribution is 5.83. The fraction of sp³-hybridized carbons (Fsp3) is 0.846. The number of rotatable bonds is 5. The van der Waals surface area contributed by atoms with Crippen LogP contribution >= 0.6 is 0 Å². The van der Waals surface area contributed by atoms with Gasteiger partial charge in [0.2, 0.25) is 5.91 Å². The number of aliphatic carboxylic acids is 1. The van der Waals surface area contributed by atoms with Crippen LogP contribution in [0.4, 0.5) is 0 Å². The molecule has 1 amide bonds. The topological polar surface area (TPSA) is 83.6 Å². The molecule has 0 radical (unpaired) electrons. The fourth-order valence-electron chi connectivity index (χ4n) is 2.59. The van der Waals surface area contributed by atoms with Crippen molar-refractivity contribution in [3.63, 3.8) is 0 Å². The van der Waals surface area contributed by atoms with Gasteiger partial charge < -0.3 is 15.7 Å². The van der Waals surface area contributed by atoms with Gasteiger partial charge in [-0.15, -0.1) is 0 Å². The number of amides is 1. The zero-order chi connectivity index (χ0) is 13.8. The average Bonchev–Trinajstić information content (AvgIpc) is 2.36. The number of carbonyl (C=O) groups excluding carboxylic acids is 1. The van der Waals surface area contributed by atoms with Crippen LogP contribution in [0.2, 0.25) is 0 Å². The summed E-state index contributed by atoms with van der Waals surface area (Å²) in [6.45, 7) is 2.81. The number of carboxylic acids is 1. The second kappa shape index (κ2) is 6.18. The van der Waals surface area contributed by atoms with Gasteiger partial charge >= 0.3 is 5.97 Å². The Balaban J connectivity index is 2.63. The maximum absolute atomic E-state index is 12.4. The molecule has 0 bridgehead atoms. The molecule has 0 saturated heterocycles. The molecule has 1 fully saturated rings. The molecule has 0 aromatic carbocycles. The van der Waals surface area contributed by atoms with Gasteiger partial charge in [-0.1, -0.05) is 6.92 Å². The third-order valence-corrected chi connectivity index (χ3v) is 4.08. The van der Waals surface area contributed by atoms with Crippen LogP contribution in [0.25, 0.3) is 0 Å². The molecule has 0 heterocycles. The molecule has 104 valence electrons. The van der Waals surface area contributed by atoms with Gasteiger partial charge in [0, 0.05) is 20.1 Å². The molecule has 0 atom stereocenters. The molecule has 0 unspecified atom stereocenters. The van der Waals surface area contributed by atoms with Crippen LogP contribution in [0.3, 0.4) is 0 Å². The summed E-state index contributed by atoms with van der Waals surface area (Å²) in [5, 5.41) is 8.65. The molecule has 3 N–H and O–H groups in total. The van der Waals surface area contributed by atoms with Crippen molar-refractivity contribution in [3.8, 4) is 0 Å². The highest BCUT2D eigenvalue weighted by Gasteiger charge is 2.41. The van der Waals surface area contributed by atoms with Crippen molar-refractivity contribution in [2.75, 3.05) is 20.1 Å². The Morgan fingerprint density at radius 1 is 1.39 bits per heavy atom. The number of carbonyl (C=O) groups is 2. The van der Waals surface area contributed by atoms with E-state index in [2.05, 4.69) is 6.92 Å². The summed E-state index contributed by atoms with van der Waals surface area (Å²) in [6, 6.07) is 0. The first-order chi connectivity index (χ1) is 8.41. The number of nitrogens with two attached hydrogens (primary N) is 1. The fourth-order valence-corrected chi connectivity index (χ4v) is 2.59. The van der Waals surface area contributed by atoms with E-state index in [1.807, 2.05) is 0 Å². The summed E-state index contributed by atoms with van der Waals surface area (Å²) < 4.78 is 0. The number of nitrogens with zero attached hydrogens (tertiary/aromatic N) is 1. The van der Waals surface area contributed by atoms with E-state index in [1.165, 1.54) is 4.90 Å². The Labute approximate surface area is 108 Å². The minimum absolute atomic E-state index is 0.0122. The molecular formula is C13H24N2O3. The molecule has 18 heavy (non-hydrogen) atoms. The molecule has 0 aliphatic heterocycles. The Kier molecular flexibility index (Phi) is 5.14. The van der Waals surface area contributed by atoms with E-state index in [4.69, 9.17) is 10.8 Å². The van der Waals surface area contributed by atoms with Crippen molar-refractivity contribution in [2.45, 2.75) is 39.0 Å². The molecule has 5 heteroatoms. The smallest absolute Gasteiger partial charge is 0.305 e. The Bertz CT molecular complexity index is 309. The summed E-state index contributed by atoms with van der Waals surface area (Å²) in [5.41, 5.74) is 5.36. The van der Waals surface area contributed by atoms with Crippen molar-refractivity contribution < 1.29 is 14.7 Å². The molecule has 1 aliphatic carbocycles. The predicted molar refractivity (Wildman–Crippen MR) is 69.0 cm³/mol. The number of carboxylic acid groups (broad SMARTS) is 1. The third kappa shape index (κ3) is 3.45. The van der Waals surface area contributed by atoms with Crippen LogP contribution in [0.1, 0.15) is 39.0 Å². The lowest BCUT2D eigenvalue weighted by Gasteiger charge is -2.39. The van der Waals surface area contributed by atoms with E-state index in [1.54, 1.807) is 7.05 Å². The van der Waals surface area contributed by atoms with Gasteiger partial charge in [0.15, 0.2) is 0 Å². The normalized spacial score (nSPS) is 27.8. The second-order valence-electron chi connectivity index (χ2n) is 5.54. The van der Waals surface area contributed by atoms with Crippen LogP contribution in [0.15, 0.2) is 0 Å². The molecule has 1 rings (SSSR count). The SMILES string of the molecule is CC1CCC(CN)(C(=O)N(C)CCC(=O)O)CC1. The van der Waals surface area contributed by atoms with Gasteiger partial charge in [-0.25, -0.2) is 0 Å². The maximum Gasteiger partial charge on any atom is 0.305 e. The van der Waals surface area contributed by atoms with Gasteiger partial charge in [-0.05, 0) is 31.6 Å². The summed E-state index contributed by atoms with van der Waals surface area (Å²) in [4.78, 5) is 24.5. The Morgan fingerprint density at radius 2 is 1.94 bits per heavy atom. The largest absolute Gasteiger partial charge is 0.481 e. The molecular weight excluding hydrogens is 232 g/mol. The van der Waals surface area contributed by atoms with Crippen molar-refractivity contribution in [3.05, 3.63) is 0 Å². The number of hydrogen-bond acceptors (Lipinski definition) is 3. The van der Waals surface area contributed by atoms with Crippen LogP contribution in [-0.2, 0) is 9.59 Å². The van der Waals surface area contributed by atoms with Crippen LogP contribution < -0.4 is 5.73 Å². The first-order valence-corrected chi connectivity index (χ1v) is 6.59. The monoisotopic (exact) mass is 256 g/mol. The highest BCUT2D eigenvalue weighted by atomic mass is 16.4. The molecule has 1 aliphatic rings. The molecule has 5 nitrogen and oxygen atoms in total. The molecule has 0 spiro atoms. The van der Waals surface area contributed by atoms with Gasteiger partial charge in [0.25, 0.3) is 0 Å². The van der Waals surface area contributed by atoms with E-state index >= 15 is 0 Å². The maximum atomic E-state index is 12.4. The van der Waals surface area contributed by atoms with Crippen molar-refractivity contribution in [1.29, 1.82) is 0 Å². The van der Waals surface area contributed by atoms with Crippen molar-refractivity contribution in [2.24, 2.45) is 17.1 Å². The average molecular weight is 256 g/mol. The Morgan fingerprint density at radius 3 is 2.39 bits per heavy atom. The van der Waals surface area contributed by atoms with Crippen LogP contribution in [0, 0.1) is 11.3 Å². The zero-order valence-electron chi connectivity index (χ0n) is 11.3. The van der Waals surface area contributed by atoms with Gasteiger partial charge in [0.1, 0.15) is 0 Å². The van der Waals surface area contributed by atoms with Gasteiger partial charge in [-0.2, -0.15) is 0 Å². The van der Waals surface area contributed by atoms with Gasteiger partial charge in [0.05, 0.1) is 11.8 Å². The summed E-state index contributed by atoms with van der Waals surface area (Å²) in [6.07, 6.45) is 3.67. The van der Waals surface area contributed by atoms with E-state index in [-0.39, 0.29) is 18.9 Å². The van der Waals surface area contributed by atoms with Gasteiger partial charge in [-0.3, -0.25) is 9.59 Å². The van der Waals surface area contributed by atoms with E-state index in [9.17, 15) is 9.59 Å². The third-order valence-electron chi connectivity index (χ3n) is 4.08. The molecule has 1 saturated carbocycles. The van der Waals surface area contributed by atoms with E-state index < -0.39 is 11.4 Å². The second-order valence-corrected chi connectivity index (χ2v) is 5.54. The van der Waals surface area contributed by atoms with Crippen molar-refractivity contribution >= 4 is 11.9 Å². The van der Waals surface area contributed by atoms with Crippen molar-refractivity contribution in [1.82, 2.24) is 4.90 Å². The zero-order valence-corrected chi connectivity index (χ0v) is 11.3. The summed E-state index contributed by atoms with van der Waals surface area (Å²) >= 11 is 0.